The van der Waals surface area contributed by atoms with Crippen LogP contribution in [0.5, 0.6) is 11.5 Å². The fourth-order valence-corrected chi connectivity index (χ4v) is 3.10. The number of hydrogen-bond donors (Lipinski definition) is 2. The number of aromatic amines is 1. The summed E-state index contributed by atoms with van der Waals surface area (Å²) >= 11 is 5.31. The first-order valence-corrected chi connectivity index (χ1v) is 9.43. The number of hydrogen-bond acceptors (Lipinski definition) is 6. The second kappa shape index (κ2) is 8.71. The number of rotatable bonds is 7. The molecule has 0 aliphatic carbocycles. The molecule has 0 fully saturated rings. The molecule has 0 unspecified atom stereocenters. The zero-order chi connectivity index (χ0) is 20.1. The molecule has 2 aromatic carbocycles. The van der Waals surface area contributed by atoms with Crippen LogP contribution in [0.4, 0.5) is 5.69 Å². The summed E-state index contributed by atoms with van der Waals surface area (Å²) in [7, 11) is 1.50. The Morgan fingerprint density at radius 1 is 1.21 bits per heavy atom. The number of nitrogens with zero attached hydrogens (tertiary/aromatic N) is 4. The van der Waals surface area contributed by atoms with Crippen LogP contribution in [0.2, 0.25) is 0 Å². The smallest absolute Gasteiger partial charge is 0.216 e. The van der Waals surface area contributed by atoms with Gasteiger partial charge in [-0.3, -0.25) is 0 Å². The maximum Gasteiger partial charge on any atom is 0.216 e. The van der Waals surface area contributed by atoms with Gasteiger partial charge in [0.15, 0.2) is 17.3 Å². The van der Waals surface area contributed by atoms with Gasteiger partial charge in [0.05, 0.1) is 13.3 Å². The predicted octanol–water partition coefficient (Wildman–Crippen LogP) is 4.05. The highest BCUT2D eigenvalue weighted by Crippen LogP contribution is 2.28. The number of benzene rings is 2. The van der Waals surface area contributed by atoms with Crippen LogP contribution in [-0.2, 0) is 0 Å². The molecular formula is C20H23N5O2S. The van der Waals surface area contributed by atoms with Gasteiger partial charge < -0.3 is 14.7 Å². The molecule has 7 nitrogen and oxygen atoms in total. The van der Waals surface area contributed by atoms with Gasteiger partial charge in [-0.05, 0) is 62.5 Å². The Morgan fingerprint density at radius 3 is 2.57 bits per heavy atom. The minimum absolute atomic E-state index is 0.0221. The van der Waals surface area contributed by atoms with Gasteiger partial charge in [0.1, 0.15) is 0 Å². The number of ether oxygens (including phenoxy) is 1. The molecule has 0 radical (unpaired) electrons. The number of H-pyrrole nitrogens is 1. The number of aromatic hydroxyl groups is 1. The van der Waals surface area contributed by atoms with Crippen LogP contribution in [0, 0.1) is 4.77 Å². The van der Waals surface area contributed by atoms with Crippen molar-refractivity contribution in [2.24, 2.45) is 5.10 Å². The zero-order valence-corrected chi connectivity index (χ0v) is 16.9. The molecule has 0 saturated heterocycles. The largest absolute Gasteiger partial charge is 0.504 e. The van der Waals surface area contributed by atoms with Crippen LogP contribution in [-0.4, -0.2) is 46.4 Å². The highest BCUT2D eigenvalue weighted by molar-refractivity contribution is 7.71. The zero-order valence-electron chi connectivity index (χ0n) is 16.1. The van der Waals surface area contributed by atoms with Gasteiger partial charge >= 0.3 is 0 Å². The van der Waals surface area contributed by atoms with Crippen molar-refractivity contribution in [1.29, 1.82) is 0 Å². The maximum absolute atomic E-state index is 10.2. The van der Waals surface area contributed by atoms with Crippen molar-refractivity contribution >= 4 is 24.1 Å². The highest BCUT2D eigenvalue weighted by Gasteiger charge is 2.10. The minimum Gasteiger partial charge on any atom is -0.504 e. The van der Waals surface area contributed by atoms with Crippen molar-refractivity contribution in [3.05, 3.63) is 52.8 Å². The van der Waals surface area contributed by atoms with E-state index in [0.29, 0.717) is 21.9 Å². The lowest BCUT2D eigenvalue weighted by atomic mass is 10.2. The second-order valence-electron chi connectivity index (χ2n) is 6.03. The first-order chi connectivity index (χ1) is 13.6. The van der Waals surface area contributed by atoms with Gasteiger partial charge in [0.25, 0.3) is 0 Å². The van der Waals surface area contributed by atoms with Gasteiger partial charge in [-0.25, -0.2) is 5.10 Å². The lowest BCUT2D eigenvalue weighted by molar-refractivity contribution is 0.373. The molecular weight excluding hydrogens is 374 g/mol. The van der Waals surface area contributed by atoms with Crippen molar-refractivity contribution in [1.82, 2.24) is 14.9 Å². The Bertz CT molecular complexity index is 1020. The minimum atomic E-state index is 0.0221. The summed E-state index contributed by atoms with van der Waals surface area (Å²) in [6.07, 6.45) is 1.52. The van der Waals surface area contributed by atoms with E-state index in [4.69, 9.17) is 17.0 Å². The Labute approximate surface area is 168 Å². The third kappa shape index (κ3) is 3.91. The summed E-state index contributed by atoms with van der Waals surface area (Å²) in [5.41, 5.74) is 2.56. The molecule has 2 N–H and O–H groups in total. The molecule has 0 aliphatic heterocycles. The maximum atomic E-state index is 10.2. The molecule has 28 heavy (non-hydrogen) atoms. The average molecular weight is 398 g/mol. The van der Waals surface area contributed by atoms with Crippen molar-refractivity contribution < 1.29 is 9.84 Å². The number of anilines is 1. The van der Waals surface area contributed by atoms with Gasteiger partial charge in [-0.1, -0.05) is 6.07 Å². The van der Waals surface area contributed by atoms with E-state index in [1.807, 2.05) is 12.1 Å². The summed E-state index contributed by atoms with van der Waals surface area (Å²) in [5, 5.41) is 21.7. The molecule has 0 atom stereocenters. The van der Waals surface area contributed by atoms with Crippen LogP contribution in [0.3, 0.4) is 0 Å². The van der Waals surface area contributed by atoms with E-state index in [1.54, 1.807) is 18.2 Å². The summed E-state index contributed by atoms with van der Waals surface area (Å²) in [6.45, 7) is 6.16. The van der Waals surface area contributed by atoms with E-state index in [9.17, 15) is 5.11 Å². The summed E-state index contributed by atoms with van der Waals surface area (Å²) in [6, 6.07) is 13.3. The van der Waals surface area contributed by atoms with Gasteiger partial charge in [-0.15, -0.1) is 0 Å². The fourth-order valence-electron chi connectivity index (χ4n) is 2.92. The van der Waals surface area contributed by atoms with Crippen molar-refractivity contribution in [2.75, 3.05) is 25.1 Å². The predicted molar refractivity (Wildman–Crippen MR) is 114 cm³/mol. The van der Waals surface area contributed by atoms with E-state index < -0.39 is 0 Å². The molecule has 1 heterocycles. The number of para-hydroxylation sites is 1. The fraction of sp³-hybridized carbons (Fsp3) is 0.250. The van der Waals surface area contributed by atoms with Crippen LogP contribution < -0.4 is 9.64 Å². The Kier molecular flexibility index (Phi) is 6.10. The molecule has 146 valence electrons. The van der Waals surface area contributed by atoms with E-state index in [2.05, 4.69) is 46.2 Å². The first-order valence-electron chi connectivity index (χ1n) is 9.02. The third-order valence-corrected chi connectivity index (χ3v) is 4.73. The number of aromatic nitrogens is 3. The molecule has 0 bridgehead atoms. The van der Waals surface area contributed by atoms with E-state index in [-0.39, 0.29) is 5.75 Å². The molecule has 0 amide bonds. The topological polar surface area (TPSA) is 78.7 Å². The molecule has 8 heteroatoms. The molecule has 3 aromatic rings. The SMILES string of the molecule is CCN(CC)c1ccc(-c2n[nH]c(=S)n2/N=C/c2cccc(OC)c2O)cc1. The quantitative estimate of drug-likeness (QED) is 0.464. The summed E-state index contributed by atoms with van der Waals surface area (Å²) < 4.78 is 7.02. The molecule has 0 spiro atoms. The third-order valence-electron chi connectivity index (χ3n) is 4.47. The monoisotopic (exact) mass is 397 g/mol. The molecule has 1 aromatic heterocycles. The normalized spacial score (nSPS) is 11.1. The first kappa shape index (κ1) is 19.6. The standard InChI is InChI=1S/C20H23N5O2S/c1-4-24(5-2)16-11-9-14(10-12-16)19-22-23-20(28)25(19)21-13-15-7-6-8-17(27-3)18(15)26/h6-13,26H,4-5H2,1-3H3,(H,23,28)/b21-13+. The molecule has 3 rings (SSSR count). The second-order valence-corrected chi connectivity index (χ2v) is 6.41. The lowest BCUT2D eigenvalue weighted by Crippen LogP contribution is -2.21. The van der Waals surface area contributed by atoms with E-state index in [1.165, 1.54) is 18.0 Å². The van der Waals surface area contributed by atoms with Crippen molar-refractivity contribution in [3.63, 3.8) is 0 Å². The van der Waals surface area contributed by atoms with Gasteiger partial charge in [0.2, 0.25) is 4.77 Å². The van der Waals surface area contributed by atoms with Gasteiger partial charge in [-0.2, -0.15) is 14.9 Å². The Hall–Kier alpha value is -3.13. The number of methoxy groups -OCH3 is 1. The Balaban J connectivity index is 1.94. The Morgan fingerprint density at radius 2 is 1.93 bits per heavy atom. The van der Waals surface area contributed by atoms with Crippen molar-refractivity contribution in [2.45, 2.75) is 13.8 Å². The van der Waals surface area contributed by atoms with Gasteiger partial charge in [0, 0.05) is 29.9 Å². The van der Waals surface area contributed by atoms with E-state index >= 15 is 0 Å². The number of nitrogens with one attached hydrogen (secondary N) is 1. The number of phenols is 1. The summed E-state index contributed by atoms with van der Waals surface area (Å²) in [4.78, 5) is 2.27. The molecule has 0 aliphatic rings. The number of phenolic OH excluding ortho intramolecular Hbond substituents is 1. The van der Waals surface area contributed by atoms with Crippen LogP contribution in [0.25, 0.3) is 11.4 Å². The van der Waals surface area contributed by atoms with Crippen molar-refractivity contribution in [3.8, 4) is 22.9 Å². The van der Waals surface area contributed by atoms with Crippen LogP contribution in [0.1, 0.15) is 19.4 Å². The summed E-state index contributed by atoms with van der Waals surface area (Å²) in [5.74, 6) is 0.996. The lowest BCUT2D eigenvalue weighted by Gasteiger charge is -2.20. The van der Waals surface area contributed by atoms with Crippen LogP contribution >= 0.6 is 12.2 Å². The van der Waals surface area contributed by atoms with Crippen LogP contribution in [0.15, 0.2) is 47.6 Å². The average Bonchev–Trinajstić information content (AvgIpc) is 3.09. The highest BCUT2D eigenvalue weighted by atomic mass is 32.1. The molecule has 0 saturated carbocycles. The van der Waals surface area contributed by atoms with E-state index in [0.717, 1.165) is 24.3 Å².